The molecule has 2 N–H and O–H groups in total. The van der Waals surface area contributed by atoms with Gasteiger partial charge in [0.15, 0.2) is 5.82 Å². The first-order chi connectivity index (χ1) is 12.1. The average molecular weight is 367 g/mol. The summed E-state index contributed by atoms with van der Waals surface area (Å²) in [7, 11) is 0. The summed E-state index contributed by atoms with van der Waals surface area (Å²) < 4.78 is 0. The minimum absolute atomic E-state index is 0.501. The molecule has 0 amide bonds. The van der Waals surface area contributed by atoms with Crippen LogP contribution in [0.3, 0.4) is 0 Å². The van der Waals surface area contributed by atoms with E-state index in [-0.39, 0.29) is 0 Å². The second-order valence-electron chi connectivity index (χ2n) is 5.86. The fourth-order valence-corrected chi connectivity index (χ4v) is 3.98. The van der Waals surface area contributed by atoms with Gasteiger partial charge in [0, 0.05) is 23.1 Å². The molecule has 0 bridgehead atoms. The van der Waals surface area contributed by atoms with Gasteiger partial charge >= 0.3 is 0 Å². The molecule has 0 radical (unpaired) electrons. The molecule has 0 aliphatic rings. The number of aryl methyl sites for hydroxylation is 1. The third kappa shape index (κ3) is 3.21. The normalized spacial score (nSPS) is 11.1. The molecule has 4 nitrogen and oxygen atoms in total. The molecule has 0 unspecified atom stereocenters. The second kappa shape index (κ2) is 6.43. The Bertz CT molecular complexity index is 1070. The van der Waals surface area contributed by atoms with Gasteiger partial charge in [-0.2, -0.15) is 0 Å². The minimum atomic E-state index is 0.501. The van der Waals surface area contributed by atoms with Gasteiger partial charge in [0.2, 0.25) is 0 Å². The maximum Gasteiger partial charge on any atom is 0.163 e. The van der Waals surface area contributed by atoms with Crippen molar-refractivity contribution in [1.29, 1.82) is 0 Å². The van der Waals surface area contributed by atoms with Crippen LogP contribution in [0.15, 0.2) is 48.7 Å². The molecule has 0 aliphatic carbocycles. The van der Waals surface area contributed by atoms with Gasteiger partial charge in [-0.15, -0.1) is 11.3 Å². The van der Waals surface area contributed by atoms with E-state index in [4.69, 9.17) is 22.3 Å². The van der Waals surface area contributed by atoms with Gasteiger partial charge in [-0.3, -0.25) is 0 Å². The Morgan fingerprint density at radius 2 is 2.00 bits per heavy atom. The van der Waals surface area contributed by atoms with Crippen molar-refractivity contribution in [2.24, 2.45) is 0 Å². The Balaban J connectivity index is 1.76. The van der Waals surface area contributed by atoms with Crippen LogP contribution in [0.5, 0.6) is 0 Å². The molecular formula is C19H15ClN4S. The van der Waals surface area contributed by atoms with Crippen molar-refractivity contribution in [2.75, 3.05) is 5.73 Å². The lowest BCUT2D eigenvalue weighted by atomic mass is 10.1. The quantitative estimate of drug-likeness (QED) is 0.524. The topological polar surface area (TPSA) is 64.7 Å². The first-order valence-electron chi connectivity index (χ1n) is 7.82. The zero-order valence-electron chi connectivity index (χ0n) is 13.5. The molecule has 124 valence electrons. The molecular weight excluding hydrogens is 352 g/mol. The summed E-state index contributed by atoms with van der Waals surface area (Å²) in [4.78, 5) is 15.3. The molecule has 25 heavy (non-hydrogen) atoms. The predicted molar refractivity (Wildman–Crippen MR) is 104 cm³/mol. The Morgan fingerprint density at radius 1 is 1.12 bits per heavy atom. The number of rotatable bonds is 3. The van der Waals surface area contributed by atoms with Crippen LogP contribution in [0.1, 0.15) is 16.0 Å². The summed E-state index contributed by atoms with van der Waals surface area (Å²) >= 11 is 7.78. The molecule has 3 heterocycles. The first kappa shape index (κ1) is 16.0. The van der Waals surface area contributed by atoms with Crippen LogP contribution in [0, 0.1) is 6.92 Å². The van der Waals surface area contributed by atoms with Crippen molar-refractivity contribution in [3.63, 3.8) is 0 Å². The summed E-state index contributed by atoms with van der Waals surface area (Å²) in [5.74, 6) is 1.16. The van der Waals surface area contributed by atoms with Gasteiger partial charge in [0.05, 0.1) is 5.39 Å². The molecule has 0 saturated carbocycles. The van der Waals surface area contributed by atoms with Gasteiger partial charge in [0.1, 0.15) is 15.8 Å². The number of nitrogens with zero attached hydrogens (tertiary/aromatic N) is 3. The van der Waals surface area contributed by atoms with E-state index in [1.54, 1.807) is 17.5 Å². The Morgan fingerprint density at radius 3 is 2.80 bits per heavy atom. The van der Waals surface area contributed by atoms with Crippen LogP contribution in [-0.2, 0) is 6.42 Å². The maximum atomic E-state index is 6.19. The molecule has 4 rings (SSSR count). The van der Waals surface area contributed by atoms with Crippen LogP contribution in [0.25, 0.3) is 21.6 Å². The number of pyridine rings is 1. The number of nitrogen functional groups attached to an aromatic ring is 1. The minimum Gasteiger partial charge on any atom is -0.383 e. The summed E-state index contributed by atoms with van der Waals surface area (Å²) in [5, 5.41) is 1.41. The van der Waals surface area contributed by atoms with Gasteiger partial charge in [-0.05, 0) is 30.7 Å². The number of hydrogen-bond donors (Lipinski definition) is 1. The van der Waals surface area contributed by atoms with Gasteiger partial charge in [-0.1, -0.05) is 41.4 Å². The molecule has 0 spiro atoms. The van der Waals surface area contributed by atoms with Gasteiger partial charge in [-0.25, -0.2) is 15.0 Å². The largest absolute Gasteiger partial charge is 0.383 e. The summed E-state index contributed by atoms with van der Waals surface area (Å²) in [6, 6.07) is 14.0. The third-order valence-corrected chi connectivity index (χ3v) is 5.32. The highest BCUT2D eigenvalue weighted by atomic mass is 35.5. The zero-order valence-corrected chi connectivity index (χ0v) is 15.1. The average Bonchev–Trinajstić information content (AvgIpc) is 3.00. The number of fused-ring (bicyclic) bond motifs is 1. The lowest BCUT2D eigenvalue weighted by Gasteiger charge is -2.03. The Kier molecular flexibility index (Phi) is 4.11. The molecule has 4 aromatic rings. The van der Waals surface area contributed by atoms with Gasteiger partial charge in [0.25, 0.3) is 0 Å². The molecule has 6 heteroatoms. The third-order valence-electron chi connectivity index (χ3n) is 3.95. The fraction of sp³-hybridized carbons (Fsp3) is 0.105. The molecule has 0 atom stereocenters. The van der Waals surface area contributed by atoms with Crippen LogP contribution < -0.4 is 5.73 Å². The zero-order chi connectivity index (χ0) is 17.4. The van der Waals surface area contributed by atoms with Crippen LogP contribution in [0.2, 0.25) is 5.15 Å². The lowest BCUT2D eigenvalue weighted by molar-refractivity contribution is 1.17. The Labute approximate surface area is 154 Å². The molecule has 3 aromatic heterocycles. The van der Waals surface area contributed by atoms with E-state index >= 15 is 0 Å². The number of thiophene rings is 1. The highest BCUT2D eigenvalue weighted by molar-refractivity contribution is 7.18. The summed E-state index contributed by atoms with van der Waals surface area (Å²) in [5.41, 5.74) is 9.31. The van der Waals surface area contributed by atoms with E-state index in [0.717, 1.165) is 31.8 Å². The number of benzene rings is 1. The van der Waals surface area contributed by atoms with Crippen LogP contribution in [-0.4, -0.2) is 15.0 Å². The van der Waals surface area contributed by atoms with Crippen molar-refractivity contribution < 1.29 is 0 Å². The van der Waals surface area contributed by atoms with Crippen molar-refractivity contribution in [3.05, 3.63) is 69.8 Å². The van der Waals surface area contributed by atoms with E-state index in [1.807, 2.05) is 43.3 Å². The second-order valence-corrected chi connectivity index (χ2v) is 7.34. The van der Waals surface area contributed by atoms with E-state index in [1.165, 1.54) is 0 Å². The van der Waals surface area contributed by atoms with Crippen LogP contribution >= 0.6 is 22.9 Å². The van der Waals surface area contributed by atoms with Crippen molar-refractivity contribution >= 4 is 39.0 Å². The molecule has 1 aromatic carbocycles. The Hall–Kier alpha value is -2.50. The van der Waals surface area contributed by atoms with Gasteiger partial charge < -0.3 is 5.73 Å². The smallest absolute Gasteiger partial charge is 0.163 e. The van der Waals surface area contributed by atoms with Crippen molar-refractivity contribution in [2.45, 2.75) is 13.3 Å². The monoisotopic (exact) mass is 366 g/mol. The van der Waals surface area contributed by atoms with E-state index in [2.05, 4.69) is 16.0 Å². The van der Waals surface area contributed by atoms with E-state index in [0.29, 0.717) is 23.2 Å². The first-order valence-corrected chi connectivity index (χ1v) is 9.02. The van der Waals surface area contributed by atoms with Crippen molar-refractivity contribution in [3.8, 4) is 11.4 Å². The number of halogens is 1. The van der Waals surface area contributed by atoms with E-state index in [9.17, 15) is 0 Å². The summed E-state index contributed by atoms with van der Waals surface area (Å²) in [6.45, 7) is 2.05. The summed E-state index contributed by atoms with van der Waals surface area (Å²) in [6.07, 6.45) is 2.39. The van der Waals surface area contributed by atoms with Crippen molar-refractivity contribution in [1.82, 2.24) is 15.0 Å². The van der Waals surface area contributed by atoms with E-state index < -0.39 is 0 Å². The lowest BCUT2D eigenvalue weighted by Crippen LogP contribution is -1.96. The number of hydrogen-bond acceptors (Lipinski definition) is 5. The van der Waals surface area contributed by atoms with Crippen LogP contribution in [0.4, 0.5) is 5.82 Å². The number of nitrogens with two attached hydrogens (primary N) is 1. The highest BCUT2D eigenvalue weighted by Gasteiger charge is 2.12. The maximum absolute atomic E-state index is 6.19. The molecule has 0 saturated heterocycles. The number of anilines is 1. The fourth-order valence-electron chi connectivity index (χ4n) is 2.73. The number of aromatic nitrogens is 3. The predicted octanol–water partition coefficient (Wildman–Crippen LogP) is 4.89. The highest BCUT2D eigenvalue weighted by Crippen LogP contribution is 2.32. The SMILES string of the molecule is Cc1cccc(-c2nc(N)c3cc(Cc4cccnc4Cl)sc3n2)c1. The molecule has 0 fully saturated rings. The standard InChI is InChI=1S/C19H15ClN4S/c1-11-4-2-5-13(8-11)18-23-17(21)15-10-14(25-19(15)24-18)9-12-6-3-7-22-16(12)20/h2-8,10H,9H2,1H3,(H2,21,23,24). The molecule has 0 aliphatic heterocycles.